The number of nitrogens with zero attached hydrogens (tertiary/aromatic N) is 5. The maximum absolute atomic E-state index is 13.9. The van der Waals surface area contributed by atoms with Gasteiger partial charge in [0.15, 0.2) is 5.11 Å². The molecular formula is C50H58F3N7O9S2. The Balaban J connectivity index is 0.851. The summed E-state index contributed by atoms with van der Waals surface area (Å²) in [6.45, 7) is 12.2. The molecule has 3 N–H and O–H groups in total. The van der Waals surface area contributed by atoms with E-state index >= 15 is 0 Å². The van der Waals surface area contributed by atoms with E-state index < -0.39 is 70.1 Å². The Kier molecular flexibility index (Phi) is 18.0. The zero-order chi connectivity index (χ0) is 51.7. The number of likely N-dealkylation sites (tertiary alicyclic amines) is 1. The van der Waals surface area contributed by atoms with E-state index in [-0.39, 0.29) is 56.7 Å². The first kappa shape index (κ1) is 54.3. The first-order valence-electron chi connectivity index (χ1n) is 22.9. The van der Waals surface area contributed by atoms with E-state index in [4.69, 9.17) is 31.2 Å². The molecule has 0 bridgehead atoms. The van der Waals surface area contributed by atoms with Crippen molar-refractivity contribution in [1.29, 1.82) is 5.26 Å². The van der Waals surface area contributed by atoms with Crippen LogP contribution in [0, 0.1) is 23.7 Å². The second-order valence-electron chi connectivity index (χ2n) is 18.6. The molecule has 6 rings (SSSR count). The lowest BCUT2D eigenvalue weighted by molar-refractivity contribution is -0.144. The SMILES string of the molecule is Cc1ncsc1-c1ccc(CNC(=O)[C@@H]2C[C@@H](O)CN2C(=O)C(NC(=O)COCCCOCCOCCOc2ccc(N3C(=S)N(c4ccc(C#N)c(C(F)(F)F)c4)C(=O)C3(C)C)cc2)C(C)(C)C)cc1. The summed E-state index contributed by atoms with van der Waals surface area (Å²) in [5, 5.41) is 25.4. The Morgan fingerprint density at radius 2 is 1.61 bits per heavy atom. The molecule has 0 saturated carbocycles. The highest BCUT2D eigenvalue weighted by atomic mass is 32.1. The van der Waals surface area contributed by atoms with Crippen molar-refractivity contribution in [1.82, 2.24) is 20.5 Å². The number of aliphatic hydroxyl groups excluding tert-OH is 1. The normalized spacial score (nSPS) is 17.3. The third kappa shape index (κ3) is 13.5. The van der Waals surface area contributed by atoms with E-state index in [1.54, 1.807) is 59.9 Å². The molecule has 0 radical (unpaired) electrons. The molecule has 16 nitrogen and oxygen atoms in total. The number of aryl methyl sites for hydroxylation is 1. The maximum atomic E-state index is 13.9. The molecule has 21 heteroatoms. The van der Waals surface area contributed by atoms with Crippen LogP contribution < -0.4 is 25.2 Å². The van der Waals surface area contributed by atoms with Crippen LogP contribution in [0.3, 0.4) is 0 Å². The monoisotopic (exact) mass is 1020 g/mol. The van der Waals surface area contributed by atoms with Gasteiger partial charge in [0, 0.05) is 38.4 Å². The Labute approximate surface area is 420 Å². The van der Waals surface area contributed by atoms with Crippen molar-refractivity contribution in [2.24, 2.45) is 5.41 Å². The topological polar surface area (TPSA) is 196 Å². The molecule has 71 heavy (non-hydrogen) atoms. The van der Waals surface area contributed by atoms with Gasteiger partial charge in [-0.1, -0.05) is 45.0 Å². The second-order valence-corrected chi connectivity index (χ2v) is 19.8. The van der Waals surface area contributed by atoms with Crippen LogP contribution in [0.25, 0.3) is 10.4 Å². The van der Waals surface area contributed by atoms with E-state index in [9.17, 15) is 42.7 Å². The van der Waals surface area contributed by atoms with Crippen LogP contribution in [0.2, 0.25) is 0 Å². The predicted octanol–water partition coefficient (Wildman–Crippen LogP) is 6.55. The number of hydrogen-bond donors (Lipinski definition) is 3. The number of β-amino-alcohol motifs (C(OH)–C–C–N with tert-alkyl or cyclic N) is 1. The molecule has 1 aromatic heterocycles. The van der Waals surface area contributed by atoms with Crippen LogP contribution in [0.1, 0.15) is 69.8 Å². The number of ether oxygens (including phenoxy) is 4. The van der Waals surface area contributed by atoms with Crippen LogP contribution in [-0.2, 0) is 46.1 Å². The number of aromatic nitrogens is 1. The van der Waals surface area contributed by atoms with Crippen molar-refractivity contribution in [3.8, 4) is 22.3 Å². The van der Waals surface area contributed by atoms with E-state index in [0.29, 0.717) is 37.7 Å². The number of hydrogen-bond acceptors (Lipinski definition) is 13. The van der Waals surface area contributed by atoms with Gasteiger partial charge in [-0.2, -0.15) is 18.4 Å². The number of alkyl halides is 3. The van der Waals surface area contributed by atoms with Gasteiger partial charge in [0.05, 0.1) is 64.9 Å². The predicted molar refractivity (Wildman–Crippen MR) is 263 cm³/mol. The molecule has 2 aliphatic rings. The summed E-state index contributed by atoms with van der Waals surface area (Å²) >= 11 is 7.16. The van der Waals surface area contributed by atoms with Crippen molar-refractivity contribution in [3.05, 3.63) is 94.6 Å². The van der Waals surface area contributed by atoms with E-state index in [1.807, 2.05) is 52.0 Å². The van der Waals surface area contributed by atoms with Crippen LogP contribution in [0.4, 0.5) is 24.5 Å². The van der Waals surface area contributed by atoms with Gasteiger partial charge >= 0.3 is 6.18 Å². The minimum absolute atomic E-state index is 0.0194. The first-order valence-corrected chi connectivity index (χ1v) is 24.2. The Hall–Kier alpha value is -6.02. The van der Waals surface area contributed by atoms with Crippen molar-refractivity contribution in [3.63, 3.8) is 0 Å². The number of carbonyl (C=O) groups is 4. The lowest BCUT2D eigenvalue weighted by Gasteiger charge is -2.35. The Morgan fingerprint density at radius 1 is 0.958 bits per heavy atom. The molecule has 3 aromatic carbocycles. The molecule has 2 aliphatic heterocycles. The van der Waals surface area contributed by atoms with Gasteiger partial charge in [-0.15, -0.1) is 11.3 Å². The van der Waals surface area contributed by atoms with Gasteiger partial charge in [0.2, 0.25) is 17.7 Å². The molecule has 0 spiro atoms. The molecule has 4 aromatic rings. The van der Waals surface area contributed by atoms with Crippen molar-refractivity contribution < 1.29 is 56.4 Å². The number of rotatable bonds is 21. The number of carbonyl (C=O) groups excluding carboxylic acids is 4. The standard InChI is InChI=1S/C50H58F3N7O9S2/c1-31-42(71-30-56-31)33-10-8-32(9-11-33)27-55-44(63)40-25-37(61)28-58(40)45(64)43(48(2,3)4)57-41(62)29-68-19-7-18-66-20-21-67-22-23-69-38-16-14-35(15-17-38)60-47(70)59(46(65)49(60,5)6)36-13-12-34(26-54)39(24-36)50(51,52)53/h8-17,24,30,37,40,43,61H,7,18-23,25,27-29H2,1-6H3,(H,55,63)(H,57,62)/t37-,40+,43?/m1/s1. The van der Waals surface area contributed by atoms with Crippen LogP contribution in [0.5, 0.6) is 5.75 Å². The number of nitriles is 1. The number of amides is 4. The molecule has 0 aliphatic carbocycles. The first-order chi connectivity index (χ1) is 33.6. The summed E-state index contributed by atoms with van der Waals surface area (Å²) in [7, 11) is 0. The molecule has 380 valence electrons. The van der Waals surface area contributed by atoms with Gasteiger partial charge in [0.1, 0.15) is 36.6 Å². The summed E-state index contributed by atoms with van der Waals surface area (Å²) < 4.78 is 63.7. The number of thiocarbonyl (C=S) groups is 1. The largest absolute Gasteiger partial charge is 0.491 e. The second kappa shape index (κ2) is 23.5. The number of halogens is 3. The molecule has 1 unspecified atom stereocenters. The highest BCUT2D eigenvalue weighted by Crippen LogP contribution is 2.40. The van der Waals surface area contributed by atoms with Gasteiger partial charge in [-0.05, 0) is 98.4 Å². The Bertz CT molecular complexity index is 2580. The number of thiazole rings is 1. The van der Waals surface area contributed by atoms with Gasteiger partial charge in [0.25, 0.3) is 5.91 Å². The summed E-state index contributed by atoms with van der Waals surface area (Å²) in [5.74, 6) is -1.39. The number of anilines is 2. The molecule has 2 saturated heterocycles. The van der Waals surface area contributed by atoms with Crippen LogP contribution in [0.15, 0.2) is 72.2 Å². The molecule has 2 fully saturated rings. The van der Waals surface area contributed by atoms with Gasteiger partial charge < -0.3 is 44.5 Å². The summed E-state index contributed by atoms with van der Waals surface area (Å²) in [6.07, 6.45) is -5.13. The average Bonchev–Trinajstić information content (AvgIpc) is 3.99. The highest BCUT2D eigenvalue weighted by Gasteiger charge is 2.51. The zero-order valence-corrected chi connectivity index (χ0v) is 42.0. The molecule has 4 amide bonds. The summed E-state index contributed by atoms with van der Waals surface area (Å²) in [6, 6.07) is 17.2. The van der Waals surface area contributed by atoms with Crippen LogP contribution in [-0.4, -0.2) is 120 Å². The quantitative estimate of drug-likeness (QED) is 0.0601. The molecule has 3 atom stereocenters. The van der Waals surface area contributed by atoms with E-state index in [0.717, 1.165) is 38.7 Å². The van der Waals surface area contributed by atoms with Crippen LogP contribution >= 0.6 is 23.6 Å². The maximum Gasteiger partial charge on any atom is 0.417 e. The lowest BCUT2D eigenvalue weighted by atomic mass is 9.85. The minimum atomic E-state index is -4.81. The zero-order valence-electron chi connectivity index (χ0n) is 40.3. The van der Waals surface area contributed by atoms with E-state index in [1.165, 1.54) is 17.0 Å². The van der Waals surface area contributed by atoms with Gasteiger partial charge in [-0.3, -0.25) is 24.1 Å². The molecule has 3 heterocycles. The smallest absolute Gasteiger partial charge is 0.417 e. The van der Waals surface area contributed by atoms with Crippen molar-refractivity contribution in [2.75, 3.05) is 62.6 Å². The third-order valence-electron chi connectivity index (χ3n) is 11.8. The number of aliphatic hydroxyl groups is 1. The number of benzene rings is 3. The third-order valence-corrected chi connectivity index (χ3v) is 13.2. The minimum Gasteiger partial charge on any atom is -0.491 e. The summed E-state index contributed by atoms with van der Waals surface area (Å²) in [5.41, 5.74) is 1.39. The summed E-state index contributed by atoms with van der Waals surface area (Å²) in [4.78, 5) is 63.2. The van der Waals surface area contributed by atoms with Crippen molar-refractivity contribution >= 4 is 63.7 Å². The fraction of sp³-hybridized carbons (Fsp3) is 0.460. The van der Waals surface area contributed by atoms with Gasteiger partial charge in [-0.25, -0.2) is 4.98 Å². The Morgan fingerprint density at radius 3 is 2.24 bits per heavy atom. The number of nitrogens with one attached hydrogen (secondary N) is 2. The lowest BCUT2D eigenvalue weighted by Crippen LogP contribution is -2.58. The van der Waals surface area contributed by atoms with E-state index in [2.05, 4.69) is 15.6 Å². The fourth-order valence-electron chi connectivity index (χ4n) is 8.10. The highest BCUT2D eigenvalue weighted by molar-refractivity contribution is 7.81. The fourth-order valence-corrected chi connectivity index (χ4v) is 9.44. The molecular weight excluding hydrogens is 964 g/mol. The average molecular weight is 1020 g/mol. The van der Waals surface area contributed by atoms with Crippen molar-refractivity contribution in [2.45, 2.75) is 90.8 Å².